The van der Waals surface area contributed by atoms with Crippen LogP contribution < -0.4 is 5.32 Å². The maximum Gasteiger partial charge on any atom is 0.307 e. The van der Waals surface area contributed by atoms with E-state index in [4.69, 9.17) is 4.74 Å². The molecule has 5 atom stereocenters. The molecule has 4 heterocycles. The number of carbonyl (C=O) groups is 3. The lowest BCUT2D eigenvalue weighted by Crippen LogP contribution is -2.50. The third kappa shape index (κ3) is 7.03. The second kappa shape index (κ2) is 14.3. The number of likely N-dealkylation sites (tertiary alicyclic amines) is 1. The molecule has 2 aliphatic rings. The molecular weight excluding hydrogens is 630 g/mol. The number of aromatic nitrogens is 4. The fourth-order valence-electron chi connectivity index (χ4n) is 6.83. The maximum atomic E-state index is 14.5. The zero-order valence-corrected chi connectivity index (χ0v) is 28.4. The third-order valence-electron chi connectivity index (χ3n) is 9.31. The van der Waals surface area contributed by atoms with E-state index in [1.807, 2.05) is 63.2 Å². The number of thiazole rings is 1. The molecule has 2 aromatic heterocycles. The largest absolute Gasteiger partial charge is 0.469 e. The highest BCUT2D eigenvalue weighted by atomic mass is 32.1. The minimum atomic E-state index is -0.935. The standard InChI is InChI=1S/C35H41N7O5S/c1-21-16-40(17-24-8-6-5-7-9-24)19-30-22(2)38-39-42(30)32(21)35(46)41-18-27(43)14-29(41)34(45)37-28(15-31(44)47-4)25-10-12-26(13-11-25)33-23(3)36-20-48-33/h5-13,20-21,27-29,32,43H,14-19H2,1-4H3,(H,37,45)/t21-,27-,28+,29+,32+/m1/s1. The molecule has 0 unspecified atom stereocenters. The number of esters is 1. The van der Waals surface area contributed by atoms with Gasteiger partial charge in [-0.05, 0) is 30.5 Å². The minimum absolute atomic E-state index is 0.0153. The van der Waals surface area contributed by atoms with Gasteiger partial charge in [0.2, 0.25) is 11.8 Å². The Morgan fingerprint density at radius 2 is 1.81 bits per heavy atom. The molecule has 2 aromatic carbocycles. The average molecular weight is 672 g/mol. The summed E-state index contributed by atoms with van der Waals surface area (Å²) >= 11 is 1.54. The first-order chi connectivity index (χ1) is 23.1. The summed E-state index contributed by atoms with van der Waals surface area (Å²) in [7, 11) is 1.31. The predicted octanol–water partition coefficient (Wildman–Crippen LogP) is 3.59. The van der Waals surface area contributed by atoms with E-state index in [2.05, 4.69) is 37.6 Å². The number of β-amino-alcohol motifs (C(OH)–C–C–N with tert-alkyl or cyclic N) is 1. The Balaban J connectivity index is 1.23. The fraction of sp³-hybridized carbons (Fsp3) is 0.429. The smallest absolute Gasteiger partial charge is 0.307 e. The van der Waals surface area contributed by atoms with Crippen LogP contribution in [-0.4, -0.2) is 85.0 Å². The number of carbonyl (C=O) groups excluding carboxylic acids is 3. The number of nitrogens with one attached hydrogen (secondary N) is 1. The van der Waals surface area contributed by atoms with Crippen molar-refractivity contribution in [2.75, 3.05) is 20.2 Å². The lowest BCUT2D eigenvalue weighted by Gasteiger charge is -2.31. The van der Waals surface area contributed by atoms with Crippen molar-refractivity contribution in [1.29, 1.82) is 0 Å². The van der Waals surface area contributed by atoms with Gasteiger partial charge in [0.1, 0.15) is 12.1 Å². The van der Waals surface area contributed by atoms with Crippen molar-refractivity contribution in [2.24, 2.45) is 5.92 Å². The van der Waals surface area contributed by atoms with E-state index in [1.165, 1.54) is 17.6 Å². The van der Waals surface area contributed by atoms with Gasteiger partial charge in [-0.15, -0.1) is 16.4 Å². The van der Waals surface area contributed by atoms with Crippen LogP contribution in [0.25, 0.3) is 10.4 Å². The highest BCUT2D eigenvalue weighted by Crippen LogP contribution is 2.33. The number of aliphatic hydroxyl groups is 1. The van der Waals surface area contributed by atoms with Gasteiger partial charge in [0.25, 0.3) is 0 Å². The monoisotopic (exact) mass is 671 g/mol. The molecule has 6 rings (SSSR count). The molecule has 1 saturated heterocycles. The van der Waals surface area contributed by atoms with Gasteiger partial charge in [0.15, 0.2) is 0 Å². The number of hydrogen-bond acceptors (Lipinski definition) is 10. The molecule has 2 N–H and O–H groups in total. The molecule has 2 amide bonds. The molecule has 252 valence electrons. The number of hydrogen-bond donors (Lipinski definition) is 2. The van der Waals surface area contributed by atoms with Gasteiger partial charge in [0.05, 0.1) is 53.1 Å². The topological polar surface area (TPSA) is 143 Å². The van der Waals surface area contributed by atoms with Crippen molar-refractivity contribution < 1.29 is 24.2 Å². The summed E-state index contributed by atoms with van der Waals surface area (Å²) in [5.74, 6) is -1.39. The van der Waals surface area contributed by atoms with E-state index >= 15 is 0 Å². The van der Waals surface area contributed by atoms with Crippen LogP contribution >= 0.6 is 11.3 Å². The number of aryl methyl sites for hydroxylation is 2. The van der Waals surface area contributed by atoms with Crippen molar-refractivity contribution in [1.82, 2.24) is 35.1 Å². The molecule has 4 aromatic rings. The van der Waals surface area contributed by atoms with Gasteiger partial charge < -0.3 is 20.1 Å². The first-order valence-electron chi connectivity index (χ1n) is 16.2. The van der Waals surface area contributed by atoms with Gasteiger partial charge >= 0.3 is 5.97 Å². The summed E-state index contributed by atoms with van der Waals surface area (Å²) in [5.41, 5.74) is 7.19. The maximum absolute atomic E-state index is 14.5. The third-order valence-corrected chi connectivity index (χ3v) is 10.3. The number of ether oxygens (including phenoxy) is 1. The summed E-state index contributed by atoms with van der Waals surface area (Å²) < 4.78 is 6.66. The van der Waals surface area contributed by atoms with Gasteiger partial charge in [-0.3, -0.25) is 19.3 Å². The Hall–Kier alpha value is -4.46. The first kappa shape index (κ1) is 33.4. The Morgan fingerprint density at radius 3 is 2.50 bits per heavy atom. The summed E-state index contributed by atoms with van der Waals surface area (Å²) in [6.07, 6.45) is -0.891. The number of fused-ring (bicyclic) bond motifs is 1. The lowest BCUT2D eigenvalue weighted by atomic mass is 9.99. The van der Waals surface area contributed by atoms with Crippen LogP contribution in [0.5, 0.6) is 0 Å². The van der Waals surface area contributed by atoms with E-state index in [9.17, 15) is 19.5 Å². The summed E-state index contributed by atoms with van der Waals surface area (Å²) in [6, 6.07) is 15.4. The zero-order valence-electron chi connectivity index (χ0n) is 27.6. The van der Waals surface area contributed by atoms with Crippen LogP contribution in [0.15, 0.2) is 60.1 Å². The van der Waals surface area contributed by atoms with Gasteiger partial charge in [0, 0.05) is 38.5 Å². The number of aliphatic hydroxyl groups excluding tert-OH is 1. The van der Waals surface area contributed by atoms with E-state index in [0.717, 1.165) is 33.1 Å². The van der Waals surface area contributed by atoms with Crippen LogP contribution in [0.1, 0.15) is 60.1 Å². The van der Waals surface area contributed by atoms with E-state index in [1.54, 1.807) is 21.5 Å². The van der Waals surface area contributed by atoms with Crippen LogP contribution in [0.3, 0.4) is 0 Å². The molecule has 2 aliphatic heterocycles. The minimum Gasteiger partial charge on any atom is -0.469 e. The SMILES string of the molecule is COC(=O)C[C@H](NC(=O)[C@@H]1C[C@@H](O)CN1C(=O)[C@@H]1[C@H](C)CN(Cc2ccccc2)Cc2c(C)nnn21)c1ccc(-c2scnc2C)cc1. The van der Waals surface area contributed by atoms with Crippen LogP contribution in [0, 0.1) is 19.8 Å². The molecule has 0 bridgehead atoms. The van der Waals surface area contributed by atoms with Crippen molar-refractivity contribution in [3.63, 3.8) is 0 Å². The van der Waals surface area contributed by atoms with Gasteiger partial charge in [-0.2, -0.15) is 0 Å². The Morgan fingerprint density at radius 1 is 1.06 bits per heavy atom. The van der Waals surface area contributed by atoms with Crippen molar-refractivity contribution in [3.8, 4) is 10.4 Å². The molecular formula is C35H41N7O5S. The molecule has 0 radical (unpaired) electrons. The van der Waals surface area contributed by atoms with Gasteiger partial charge in [-0.1, -0.05) is 66.7 Å². The molecule has 0 saturated carbocycles. The highest BCUT2D eigenvalue weighted by Gasteiger charge is 2.45. The normalized spacial score (nSPS) is 21.7. The summed E-state index contributed by atoms with van der Waals surface area (Å²) in [5, 5.41) is 22.5. The fourth-order valence-corrected chi connectivity index (χ4v) is 7.64. The van der Waals surface area contributed by atoms with Crippen LogP contribution in [-0.2, 0) is 32.2 Å². The number of benzene rings is 2. The van der Waals surface area contributed by atoms with E-state index in [-0.39, 0.29) is 31.2 Å². The molecule has 1 fully saturated rings. The number of methoxy groups -OCH3 is 1. The Kier molecular flexibility index (Phi) is 9.99. The first-order valence-corrected chi connectivity index (χ1v) is 17.0. The summed E-state index contributed by atoms with van der Waals surface area (Å²) in [4.78, 5) is 50.0. The second-order valence-corrected chi connectivity index (χ2v) is 13.6. The zero-order chi connectivity index (χ0) is 33.9. The Bertz CT molecular complexity index is 1760. The van der Waals surface area contributed by atoms with Crippen LogP contribution in [0.4, 0.5) is 0 Å². The highest BCUT2D eigenvalue weighted by molar-refractivity contribution is 7.13. The number of rotatable bonds is 9. The molecule has 0 spiro atoms. The molecule has 0 aliphatic carbocycles. The Labute approximate surface area is 283 Å². The van der Waals surface area contributed by atoms with E-state index < -0.39 is 36.1 Å². The number of nitrogens with zero attached hydrogens (tertiary/aromatic N) is 6. The van der Waals surface area contributed by atoms with E-state index in [0.29, 0.717) is 19.6 Å². The molecule has 12 nitrogen and oxygen atoms in total. The number of amides is 2. The van der Waals surface area contributed by atoms with Crippen LogP contribution in [0.2, 0.25) is 0 Å². The predicted molar refractivity (Wildman–Crippen MR) is 179 cm³/mol. The lowest BCUT2D eigenvalue weighted by molar-refractivity contribution is -0.144. The van der Waals surface area contributed by atoms with Crippen molar-refractivity contribution >= 4 is 29.1 Å². The summed E-state index contributed by atoms with van der Waals surface area (Å²) in [6.45, 7) is 7.77. The van der Waals surface area contributed by atoms with Gasteiger partial charge in [-0.25, -0.2) is 9.67 Å². The molecule has 48 heavy (non-hydrogen) atoms. The van der Waals surface area contributed by atoms with Crippen molar-refractivity contribution in [3.05, 3.63) is 88.3 Å². The van der Waals surface area contributed by atoms with Crippen molar-refractivity contribution in [2.45, 2.75) is 70.9 Å². The second-order valence-electron chi connectivity index (χ2n) is 12.8. The molecule has 13 heteroatoms. The quantitative estimate of drug-likeness (QED) is 0.255. The average Bonchev–Trinajstić information content (AvgIpc) is 3.77.